The van der Waals surface area contributed by atoms with E-state index in [0.717, 1.165) is 25.2 Å². The lowest BCUT2D eigenvalue weighted by atomic mass is 10.0. The molecule has 1 aromatic rings. The highest BCUT2D eigenvalue weighted by atomic mass is 32.2. The molecule has 0 aromatic carbocycles. The predicted molar refractivity (Wildman–Crippen MR) is 73.2 cm³/mol. The summed E-state index contributed by atoms with van der Waals surface area (Å²) in [5, 5.41) is 0.157. The van der Waals surface area contributed by atoms with Crippen LogP contribution in [0.5, 0.6) is 0 Å². The third-order valence-electron chi connectivity index (χ3n) is 3.71. The van der Waals surface area contributed by atoms with E-state index in [1.807, 2.05) is 18.4 Å². The summed E-state index contributed by atoms with van der Waals surface area (Å²) in [6.45, 7) is 6.12. The number of hydrogen-bond acceptors (Lipinski definition) is 4. The first-order chi connectivity index (χ1) is 8.98. The SMILES string of the molecule is CCn1cc(S(=O)(=O)N2CCCC(CN)C2)nc1C. The van der Waals surface area contributed by atoms with E-state index >= 15 is 0 Å². The number of hydrogen-bond donors (Lipinski definition) is 1. The lowest BCUT2D eigenvalue weighted by molar-refractivity contribution is 0.271. The Bertz CT molecular complexity index is 538. The van der Waals surface area contributed by atoms with Crippen LogP contribution in [0.4, 0.5) is 0 Å². The Balaban J connectivity index is 2.25. The third-order valence-corrected chi connectivity index (χ3v) is 5.45. The molecule has 1 unspecified atom stereocenters. The molecule has 1 saturated heterocycles. The van der Waals surface area contributed by atoms with Gasteiger partial charge in [0.1, 0.15) is 5.82 Å². The Morgan fingerprint density at radius 1 is 1.53 bits per heavy atom. The van der Waals surface area contributed by atoms with Crippen molar-refractivity contribution < 1.29 is 8.42 Å². The third kappa shape index (κ3) is 2.82. The van der Waals surface area contributed by atoms with Gasteiger partial charge in [0.25, 0.3) is 10.0 Å². The van der Waals surface area contributed by atoms with Crippen LogP contribution in [-0.2, 0) is 16.6 Å². The van der Waals surface area contributed by atoms with Gasteiger partial charge in [-0.25, -0.2) is 13.4 Å². The van der Waals surface area contributed by atoms with E-state index in [-0.39, 0.29) is 10.9 Å². The topological polar surface area (TPSA) is 81.2 Å². The molecule has 0 spiro atoms. The van der Waals surface area contributed by atoms with Gasteiger partial charge in [-0.05, 0) is 39.2 Å². The van der Waals surface area contributed by atoms with Crippen LogP contribution < -0.4 is 5.73 Å². The molecular weight excluding hydrogens is 264 g/mol. The van der Waals surface area contributed by atoms with Crippen LogP contribution in [-0.4, -0.2) is 41.9 Å². The fourth-order valence-electron chi connectivity index (χ4n) is 2.49. The maximum absolute atomic E-state index is 12.5. The highest BCUT2D eigenvalue weighted by Crippen LogP contribution is 2.22. The first-order valence-corrected chi connectivity index (χ1v) is 8.17. The van der Waals surface area contributed by atoms with Crippen LogP contribution in [0.1, 0.15) is 25.6 Å². The Labute approximate surface area is 114 Å². The molecule has 2 rings (SSSR count). The van der Waals surface area contributed by atoms with Crippen molar-refractivity contribution in [3.8, 4) is 0 Å². The second kappa shape index (κ2) is 5.60. The summed E-state index contributed by atoms with van der Waals surface area (Å²) in [5.41, 5.74) is 5.66. The van der Waals surface area contributed by atoms with Crippen LogP contribution in [0.15, 0.2) is 11.2 Å². The van der Waals surface area contributed by atoms with E-state index in [4.69, 9.17) is 5.73 Å². The molecular formula is C12H22N4O2S. The zero-order valence-corrected chi connectivity index (χ0v) is 12.4. The van der Waals surface area contributed by atoms with E-state index in [0.29, 0.717) is 19.6 Å². The van der Waals surface area contributed by atoms with Crippen LogP contribution in [0.3, 0.4) is 0 Å². The number of aryl methyl sites for hydroxylation is 2. The second-order valence-electron chi connectivity index (χ2n) is 5.02. The highest BCUT2D eigenvalue weighted by Gasteiger charge is 2.31. The molecule has 7 heteroatoms. The molecule has 0 amide bonds. The average molecular weight is 286 g/mol. The van der Waals surface area contributed by atoms with E-state index in [1.165, 1.54) is 4.31 Å². The molecule has 19 heavy (non-hydrogen) atoms. The molecule has 1 aliphatic heterocycles. The summed E-state index contributed by atoms with van der Waals surface area (Å²) in [7, 11) is -3.47. The minimum atomic E-state index is -3.47. The number of imidazole rings is 1. The maximum Gasteiger partial charge on any atom is 0.262 e. The van der Waals surface area contributed by atoms with E-state index in [9.17, 15) is 8.42 Å². The van der Waals surface area contributed by atoms with Gasteiger partial charge in [-0.15, -0.1) is 0 Å². The molecule has 1 fully saturated rings. The molecule has 0 radical (unpaired) electrons. The van der Waals surface area contributed by atoms with E-state index < -0.39 is 10.0 Å². The molecule has 0 bridgehead atoms. The second-order valence-corrected chi connectivity index (χ2v) is 6.90. The Morgan fingerprint density at radius 2 is 2.26 bits per heavy atom. The van der Waals surface area contributed by atoms with Gasteiger partial charge >= 0.3 is 0 Å². The van der Waals surface area contributed by atoms with Crippen molar-refractivity contribution in [2.75, 3.05) is 19.6 Å². The molecule has 0 aliphatic carbocycles. The van der Waals surface area contributed by atoms with Crippen LogP contribution in [0, 0.1) is 12.8 Å². The Morgan fingerprint density at radius 3 is 2.84 bits per heavy atom. The summed E-state index contributed by atoms with van der Waals surface area (Å²) in [4.78, 5) is 4.18. The van der Waals surface area contributed by atoms with Crippen LogP contribution >= 0.6 is 0 Å². The number of nitrogens with zero attached hydrogens (tertiary/aromatic N) is 3. The quantitative estimate of drug-likeness (QED) is 0.877. The summed E-state index contributed by atoms with van der Waals surface area (Å²) in [6.07, 6.45) is 3.50. The number of piperidine rings is 1. The average Bonchev–Trinajstić information content (AvgIpc) is 2.80. The van der Waals surface area contributed by atoms with Crippen molar-refractivity contribution in [2.24, 2.45) is 11.7 Å². The predicted octanol–water partition coefficient (Wildman–Crippen LogP) is 0.571. The molecule has 2 heterocycles. The number of aromatic nitrogens is 2. The van der Waals surface area contributed by atoms with E-state index in [2.05, 4.69) is 4.98 Å². The molecule has 2 N–H and O–H groups in total. The first kappa shape index (κ1) is 14.5. The fourth-order valence-corrected chi connectivity index (χ4v) is 4.04. The van der Waals surface area contributed by atoms with Gasteiger partial charge in [0, 0.05) is 25.8 Å². The normalized spacial score (nSPS) is 21.7. The van der Waals surface area contributed by atoms with Gasteiger partial charge in [0.15, 0.2) is 5.03 Å². The lowest BCUT2D eigenvalue weighted by Gasteiger charge is -2.30. The summed E-state index contributed by atoms with van der Waals surface area (Å²) >= 11 is 0. The minimum absolute atomic E-state index is 0.157. The Hall–Kier alpha value is -0.920. The standard InChI is InChI=1S/C12H22N4O2S/c1-3-15-9-12(14-10(15)2)19(17,18)16-6-4-5-11(7-13)8-16/h9,11H,3-8,13H2,1-2H3. The summed E-state index contributed by atoms with van der Waals surface area (Å²) < 4.78 is 28.4. The van der Waals surface area contributed by atoms with Crippen molar-refractivity contribution in [2.45, 2.75) is 38.3 Å². The number of sulfonamides is 1. The molecule has 6 nitrogen and oxygen atoms in total. The zero-order valence-electron chi connectivity index (χ0n) is 11.5. The smallest absolute Gasteiger partial charge is 0.262 e. The lowest BCUT2D eigenvalue weighted by Crippen LogP contribution is -2.42. The highest BCUT2D eigenvalue weighted by molar-refractivity contribution is 7.89. The van der Waals surface area contributed by atoms with Gasteiger partial charge in [0.05, 0.1) is 0 Å². The molecule has 1 aromatic heterocycles. The number of nitrogens with two attached hydrogens (primary N) is 1. The molecule has 108 valence electrons. The van der Waals surface area contributed by atoms with Gasteiger partial charge in [-0.3, -0.25) is 0 Å². The molecule has 1 atom stereocenters. The molecule has 0 saturated carbocycles. The summed E-state index contributed by atoms with van der Waals surface area (Å²) in [5.74, 6) is 0.992. The monoisotopic (exact) mass is 286 g/mol. The van der Waals surface area contributed by atoms with Crippen molar-refractivity contribution in [1.29, 1.82) is 0 Å². The zero-order chi connectivity index (χ0) is 14.0. The van der Waals surface area contributed by atoms with Gasteiger partial charge in [-0.1, -0.05) is 0 Å². The van der Waals surface area contributed by atoms with Crippen molar-refractivity contribution >= 4 is 10.0 Å². The van der Waals surface area contributed by atoms with Crippen molar-refractivity contribution in [3.63, 3.8) is 0 Å². The van der Waals surface area contributed by atoms with Crippen molar-refractivity contribution in [1.82, 2.24) is 13.9 Å². The Kier molecular flexibility index (Phi) is 4.27. The summed E-state index contributed by atoms with van der Waals surface area (Å²) in [6, 6.07) is 0. The van der Waals surface area contributed by atoms with E-state index in [1.54, 1.807) is 6.20 Å². The first-order valence-electron chi connectivity index (χ1n) is 6.73. The maximum atomic E-state index is 12.5. The van der Waals surface area contributed by atoms with Crippen LogP contribution in [0.25, 0.3) is 0 Å². The van der Waals surface area contributed by atoms with Gasteiger partial charge < -0.3 is 10.3 Å². The van der Waals surface area contributed by atoms with Crippen LogP contribution in [0.2, 0.25) is 0 Å². The van der Waals surface area contributed by atoms with Gasteiger partial charge in [-0.2, -0.15) is 4.31 Å². The van der Waals surface area contributed by atoms with Crippen molar-refractivity contribution in [3.05, 3.63) is 12.0 Å². The minimum Gasteiger partial charge on any atom is -0.334 e. The fraction of sp³-hybridized carbons (Fsp3) is 0.750. The van der Waals surface area contributed by atoms with Gasteiger partial charge in [0.2, 0.25) is 0 Å². The number of rotatable bonds is 4. The molecule has 1 aliphatic rings. The largest absolute Gasteiger partial charge is 0.334 e.